The third kappa shape index (κ3) is 5.96. The van der Waals surface area contributed by atoms with Gasteiger partial charge in [0.1, 0.15) is 23.7 Å². The first-order chi connectivity index (χ1) is 13.4. The normalized spacial score (nSPS) is 14.9. The molecule has 0 spiro atoms. The van der Waals surface area contributed by atoms with Crippen LogP contribution in [-0.4, -0.2) is 54.3 Å². The Kier molecular flexibility index (Phi) is 6.93. The van der Waals surface area contributed by atoms with Crippen molar-refractivity contribution in [3.05, 3.63) is 12.7 Å². The molecule has 0 unspecified atom stereocenters. The van der Waals surface area contributed by atoms with E-state index < -0.39 is 25.1 Å². The van der Waals surface area contributed by atoms with Gasteiger partial charge in [-0.1, -0.05) is 5.16 Å². The number of hydrogen-bond acceptors (Lipinski definition) is 9. The molecule has 0 amide bonds. The fraction of sp³-hybridized carbons (Fsp3) is 0.562. The van der Waals surface area contributed by atoms with Gasteiger partial charge in [0, 0.05) is 0 Å². The summed E-state index contributed by atoms with van der Waals surface area (Å²) < 4.78 is 25.7. The van der Waals surface area contributed by atoms with E-state index in [0.717, 1.165) is 0 Å². The molecule has 13 heteroatoms. The minimum atomic E-state index is -3.76. The highest BCUT2D eigenvalue weighted by molar-refractivity contribution is 7.56. The molecule has 0 radical (unpaired) electrons. The van der Waals surface area contributed by atoms with Gasteiger partial charge in [-0.05, 0) is 34.6 Å². The van der Waals surface area contributed by atoms with Crippen molar-refractivity contribution in [2.24, 2.45) is 5.16 Å². The average Bonchev–Trinajstić information content (AvgIpc) is 3.02. The van der Waals surface area contributed by atoms with Crippen LogP contribution in [0, 0.1) is 0 Å². The number of rotatable bonds is 10. The molecule has 2 rings (SSSR count). The lowest BCUT2D eigenvalue weighted by Gasteiger charge is -2.27. The molecule has 0 saturated heterocycles. The van der Waals surface area contributed by atoms with Crippen molar-refractivity contribution in [3.63, 3.8) is 0 Å². The van der Waals surface area contributed by atoms with Gasteiger partial charge in [-0.2, -0.15) is 0 Å². The highest BCUT2D eigenvalue weighted by atomic mass is 31.2. The second-order valence-corrected chi connectivity index (χ2v) is 9.26. The zero-order chi connectivity index (χ0) is 21.8. The first-order valence-electron chi connectivity index (χ1n) is 8.78. The maximum Gasteiger partial charge on any atom is 0.365 e. The van der Waals surface area contributed by atoms with Crippen molar-refractivity contribution in [2.45, 2.75) is 52.8 Å². The second-order valence-electron chi connectivity index (χ2n) is 7.27. The average molecular weight is 427 g/mol. The summed E-state index contributed by atoms with van der Waals surface area (Å²) in [7, 11) is -3.76. The van der Waals surface area contributed by atoms with Gasteiger partial charge in [-0.15, -0.1) is 0 Å². The first kappa shape index (κ1) is 22.7. The molecule has 2 heterocycles. The number of oxime groups is 1. The second kappa shape index (κ2) is 8.85. The van der Waals surface area contributed by atoms with Crippen LogP contribution in [0.4, 0.5) is 5.82 Å². The quantitative estimate of drug-likeness (QED) is 0.289. The van der Waals surface area contributed by atoms with E-state index in [1.807, 2.05) is 0 Å². The molecule has 0 fully saturated rings. The number of nitrogens with zero attached hydrogens (tertiary/aromatic N) is 5. The largest absolute Gasteiger partial charge is 0.480 e. The lowest BCUT2D eigenvalue weighted by molar-refractivity contribution is -0.142. The van der Waals surface area contributed by atoms with E-state index in [1.165, 1.54) is 20.2 Å². The molecule has 0 aliphatic carbocycles. The minimum Gasteiger partial charge on any atom is -0.480 e. The summed E-state index contributed by atoms with van der Waals surface area (Å²) >= 11 is 0. The number of hydrogen-bond donors (Lipinski definition) is 3. The number of nitrogen functional groups attached to an aromatic ring is 1. The van der Waals surface area contributed by atoms with Gasteiger partial charge in [-0.3, -0.25) is 9.36 Å². The fourth-order valence-corrected chi connectivity index (χ4v) is 4.13. The van der Waals surface area contributed by atoms with Crippen molar-refractivity contribution in [1.29, 1.82) is 0 Å². The molecule has 2 atom stereocenters. The summed E-state index contributed by atoms with van der Waals surface area (Å²) in [5.74, 6) is -0.915. The SMILES string of the molecule is CC(C)=NO[P@](=O)(CO[C@H](C)Cn1cnc2c(N)ncnc21)NC(C)(C)C(=O)O. The molecule has 0 aliphatic heterocycles. The van der Waals surface area contributed by atoms with Crippen LogP contribution in [0.5, 0.6) is 0 Å². The highest BCUT2D eigenvalue weighted by Gasteiger charge is 2.38. The molecular formula is C16H26N7O5P. The van der Waals surface area contributed by atoms with Gasteiger partial charge in [0.15, 0.2) is 11.5 Å². The summed E-state index contributed by atoms with van der Waals surface area (Å²) in [6, 6.07) is 0. The van der Waals surface area contributed by atoms with Crippen LogP contribution < -0.4 is 10.8 Å². The first-order valence-corrected chi connectivity index (χ1v) is 10.6. The molecule has 4 N–H and O–H groups in total. The Morgan fingerprint density at radius 1 is 1.41 bits per heavy atom. The van der Waals surface area contributed by atoms with E-state index >= 15 is 0 Å². The lowest BCUT2D eigenvalue weighted by Crippen LogP contribution is -2.45. The number of aromatic nitrogens is 4. The van der Waals surface area contributed by atoms with E-state index in [0.29, 0.717) is 23.4 Å². The number of carbonyl (C=O) groups is 1. The predicted octanol–water partition coefficient (Wildman–Crippen LogP) is 1.83. The Morgan fingerprint density at radius 3 is 2.72 bits per heavy atom. The van der Waals surface area contributed by atoms with Crippen LogP contribution in [-0.2, 0) is 25.3 Å². The van der Waals surface area contributed by atoms with Crippen LogP contribution in [0.25, 0.3) is 11.2 Å². The number of fused-ring (bicyclic) bond motifs is 1. The third-order valence-corrected chi connectivity index (χ3v) is 5.49. The van der Waals surface area contributed by atoms with E-state index in [9.17, 15) is 14.5 Å². The van der Waals surface area contributed by atoms with Crippen LogP contribution in [0.2, 0.25) is 0 Å². The Balaban J connectivity index is 2.10. The van der Waals surface area contributed by atoms with Crippen molar-refractivity contribution < 1.29 is 23.8 Å². The van der Waals surface area contributed by atoms with Crippen molar-refractivity contribution in [2.75, 3.05) is 12.1 Å². The number of carboxylic acid groups (broad SMARTS) is 1. The smallest absolute Gasteiger partial charge is 0.365 e. The number of imidazole rings is 1. The third-order valence-electron chi connectivity index (χ3n) is 3.75. The van der Waals surface area contributed by atoms with Crippen LogP contribution in [0.15, 0.2) is 17.8 Å². The number of nitrogens with two attached hydrogens (primary N) is 1. The fourth-order valence-electron chi connectivity index (χ4n) is 2.28. The van der Waals surface area contributed by atoms with Gasteiger partial charge < -0.3 is 24.8 Å². The Morgan fingerprint density at radius 2 is 2.10 bits per heavy atom. The molecule has 12 nitrogen and oxygen atoms in total. The van der Waals surface area contributed by atoms with Gasteiger partial charge >= 0.3 is 13.5 Å². The molecule has 0 bridgehead atoms. The number of aliphatic carboxylic acids is 1. The monoisotopic (exact) mass is 427 g/mol. The number of nitrogens with one attached hydrogen (secondary N) is 1. The highest BCUT2D eigenvalue weighted by Crippen LogP contribution is 2.45. The predicted molar refractivity (Wildman–Crippen MR) is 107 cm³/mol. The zero-order valence-electron chi connectivity index (χ0n) is 17.0. The Hall–Kier alpha value is -2.56. The molecule has 2 aromatic heterocycles. The molecule has 2 aromatic rings. The van der Waals surface area contributed by atoms with Crippen molar-refractivity contribution in [1.82, 2.24) is 24.6 Å². The zero-order valence-corrected chi connectivity index (χ0v) is 17.9. The standard InChI is InChI=1S/C16H26N7O5P/c1-10(2)21-28-29(26,22-16(4,5)15(24)25)9-27-11(3)6-23-8-20-12-13(17)18-7-19-14(12)23/h7-8,11H,6,9H2,1-5H3,(H,22,26)(H,24,25)(H2,17,18,19)/t11-,29-/m1/s1. The number of anilines is 1. The van der Waals surface area contributed by atoms with Crippen molar-refractivity contribution in [3.8, 4) is 0 Å². The summed E-state index contributed by atoms with van der Waals surface area (Å²) in [5, 5.41) is 15.5. The van der Waals surface area contributed by atoms with Crippen LogP contribution >= 0.6 is 7.52 Å². The topological polar surface area (TPSA) is 167 Å². The van der Waals surface area contributed by atoms with Crippen LogP contribution in [0.1, 0.15) is 34.6 Å². The van der Waals surface area contributed by atoms with Crippen LogP contribution in [0.3, 0.4) is 0 Å². The van der Waals surface area contributed by atoms with Crippen molar-refractivity contribution >= 4 is 36.2 Å². The molecule has 29 heavy (non-hydrogen) atoms. The molecule has 0 aliphatic rings. The maximum atomic E-state index is 13.1. The maximum absolute atomic E-state index is 13.1. The van der Waals surface area contributed by atoms with Gasteiger partial charge in [-0.25, -0.2) is 20.0 Å². The van der Waals surface area contributed by atoms with Gasteiger partial charge in [0.05, 0.1) is 24.7 Å². The number of ether oxygens (including phenoxy) is 1. The molecule has 0 saturated carbocycles. The van der Waals surface area contributed by atoms with Gasteiger partial charge in [0.25, 0.3) is 0 Å². The van der Waals surface area contributed by atoms with E-state index in [4.69, 9.17) is 15.1 Å². The van der Waals surface area contributed by atoms with Gasteiger partial charge in [0.2, 0.25) is 0 Å². The van der Waals surface area contributed by atoms with E-state index in [-0.39, 0.29) is 12.2 Å². The molecule has 160 valence electrons. The summed E-state index contributed by atoms with van der Waals surface area (Å²) in [4.78, 5) is 23.6. The summed E-state index contributed by atoms with van der Waals surface area (Å²) in [6.07, 6.45) is 2.09. The minimum absolute atomic E-state index is 0.271. The Bertz CT molecular complexity index is 954. The number of carboxylic acids is 1. The molecule has 0 aromatic carbocycles. The van der Waals surface area contributed by atoms with E-state index in [2.05, 4.69) is 25.2 Å². The Labute approximate surface area is 168 Å². The molecular weight excluding hydrogens is 401 g/mol. The van der Waals surface area contributed by atoms with E-state index in [1.54, 1.807) is 31.7 Å². The lowest BCUT2D eigenvalue weighted by atomic mass is 10.1. The summed E-state index contributed by atoms with van der Waals surface area (Å²) in [5.41, 5.74) is 5.82. The summed E-state index contributed by atoms with van der Waals surface area (Å²) in [6.45, 7) is 8.17.